The van der Waals surface area contributed by atoms with E-state index in [0.29, 0.717) is 5.54 Å². The summed E-state index contributed by atoms with van der Waals surface area (Å²) in [4.78, 5) is 2.78. The first-order valence-corrected chi connectivity index (χ1v) is 6.70. The summed E-state index contributed by atoms with van der Waals surface area (Å²) in [6.45, 7) is 7.58. The van der Waals surface area contributed by atoms with Gasteiger partial charge in [-0.3, -0.25) is 4.90 Å². The summed E-state index contributed by atoms with van der Waals surface area (Å²) in [5.74, 6) is 0.961. The van der Waals surface area contributed by atoms with Crippen molar-refractivity contribution < 1.29 is 0 Å². The zero-order valence-electron chi connectivity index (χ0n) is 10.2. The molecular weight excluding hydrogens is 182 g/mol. The van der Waals surface area contributed by atoms with E-state index >= 15 is 0 Å². The predicted octanol–water partition coefficient (Wildman–Crippen LogP) is 3.36. The average Bonchev–Trinajstić information content (AvgIpc) is 2.80. The Hall–Kier alpha value is -0.300. The van der Waals surface area contributed by atoms with Gasteiger partial charge >= 0.3 is 0 Å². The molecule has 2 aliphatic heterocycles. The van der Waals surface area contributed by atoms with Crippen molar-refractivity contribution in [3.05, 3.63) is 11.1 Å². The molecule has 3 aliphatic rings. The lowest BCUT2D eigenvalue weighted by Crippen LogP contribution is -2.45. The SMILES string of the molecule is CC[C@H]1CN2CCC3=C(CCC3)[C@@]2(C)C1. The third kappa shape index (κ3) is 1.32. The minimum atomic E-state index is 0.477. The van der Waals surface area contributed by atoms with Crippen LogP contribution in [0.4, 0.5) is 0 Å². The van der Waals surface area contributed by atoms with Crippen molar-refractivity contribution >= 4 is 0 Å². The molecule has 0 aromatic carbocycles. The molecule has 0 aromatic rings. The van der Waals surface area contributed by atoms with E-state index in [4.69, 9.17) is 0 Å². The molecule has 0 spiro atoms. The molecule has 3 rings (SSSR count). The van der Waals surface area contributed by atoms with Gasteiger partial charge in [-0.1, -0.05) is 24.5 Å². The van der Waals surface area contributed by atoms with Crippen molar-refractivity contribution in [3.8, 4) is 0 Å². The molecule has 0 N–H and O–H groups in total. The van der Waals surface area contributed by atoms with Gasteiger partial charge in [0.2, 0.25) is 0 Å². The average molecular weight is 205 g/mol. The topological polar surface area (TPSA) is 3.24 Å². The summed E-state index contributed by atoms with van der Waals surface area (Å²) < 4.78 is 0. The quantitative estimate of drug-likeness (QED) is 0.593. The van der Waals surface area contributed by atoms with Gasteiger partial charge in [0.15, 0.2) is 0 Å². The number of fused-ring (bicyclic) bond motifs is 2. The fraction of sp³-hybridized carbons (Fsp3) is 0.857. The second-order valence-electron chi connectivity index (χ2n) is 5.88. The number of rotatable bonds is 1. The van der Waals surface area contributed by atoms with E-state index in [1.807, 2.05) is 11.1 Å². The van der Waals surface area contributed by atoms with Crippen LogP contribution in [0.5, 0.6) is 0 Å². The molecule has 0 unspecified atom stereocenters. The van der Waals surface area contributed by atoms with Crippen molar-refractivity contribution in [2.45, 2.75) is 57.9 Å². The lowest BCUT2D eigenvalue weighted by molar-refractivity contribution is 0.176. The maximum atomic E-state index is 2.78. The molecule has 1 saturated heterocycles. The van der Waals surface area contributed by atoms with Gasteiger partial charge in [-0.05, 0) is 44.9 Å². The molecule has 15 heavy (non-hydrogen) atoms. The van der Waals surface area contributed by atoms with Gasteiger partial charge in [-0.15, -0.1) is 0 Å². The second-order valence-corrected chi connectivity index (χ2v) is 5.88. The Kier molecular flexibility index (Phi) is 2.21. The minimum Gasteiger partial charge on any atom is -0.294 e. The van der Waals surface area contributed by atoms with Crippen LogP contribution in [0.25, 0.3) is 0 Å². The summed E-state index contributed by atoms with van der Waals surface area (Å²) >= 11 is 0. The summed E-state index contributed by atoms with van der Waals surface area (Å²) in [5, 5.41) is 0. The molecule has 0 aromatic heterocycles. The monoisotopic (exact) mass is 205 g/mol. The lowest BCUT2D eigenvalue weighted by Gasteiger charge is -2.41. The first-order valence-electron chi connectivity index (χ1n) is 6.70. The molecule has 0 saturated carbocycles. The van der Waals surface area contributed by atoms with Crippen LogP contribution in [0.3, 0.4) is 0 Å². The predicted molar refractivity (Wildman–Crippen MR) is 63.9 cm³/mol. The highest BCUT2D eigenvalue weighted by molar-refractivity contribution is 5.34. The normalized spacial score (nSPS) is 40.8. The van der Waals surface area contributed by atoms with E-state index in [1.54, 1.807) is 0 Å². The van der Waals surface area contributed by atoms with Crippen LogP contribution in [-0.2, 0) is 0 Å². The lowest BCUT2D eigenvalue weighted by atomic mass is 9.81. The first-order chi connectivity index (χ1) is 7.24. The highest BCUT2D eigenvalue weighted by Crippen LogP contribution is 2.49. The van der Waals surface area contributed by atoms with Crippen LogP contribution in [0, 0.1) is 5.92 Å². The Labute approximate surface area is 93.5 Å². The molecular formula is C14H23N. The molecule has 2 atom stereocenters. The Morgan fingerprint density at radius 2 is 2.20 bits per heavy atom. The van der Waals surface area contributed by atoms with Gasteiger partial charge in [-0.25, -0.2) is 0 Å². The molecule has 1 aliphatic carbocycles. The van der Waals surface area contributed by atoms with Gasteiger partial charge in [0.05, 0.1) is 0 Å². The third-order valence-corrected chi connectivity index (χ3v) is 5.11. The summed E-state index contributed by atoms with van der Waals surface area (Å²) in [6.07, 6.45) is 8.43. The van der Waals surface area contributed by atoms with E-state index in [0.717, 1.165) is 5.92 Å². The number of hydrogen-bond acceptors (Lipinski definition) is 1. The largest absolute Gasteiger partial charge is 0.294 e. The molecule has 84 valence electrons. The minimum absolute atomic E-state index is 0.477. The maximum Gasteiger partial charge on any atom is 0.0398 e. The Morgan fingerprint density at radius 1 is 1.33 bits per heavy atom. The summed E-state index contributed by atoms with van der Waals surface area (Å²) in [6, 6.07) is 0. The maximum absolute atomic E-state index is 2.78. The van der Waals surface area contributed by atoms with Crippen LogP contribution in [0.15, 0.2) is 11.1 Å². The van der Waals surface area contributed by atoms with Crippen molar-refractivity contribution in [3.63, 3.8) is 0 Å². The van der Waals surface area contributed by atoms with Crippen LogP contribution in [-0.4, -0.2) is 23.5 Å². The Bertz CT molecular complexity index is 304. The van der Waals surface area contributed by atoms with E-state index in [-0.39, 0.29) is 0 Å². The Morgan fingerprint density at radius 3 is 3.00 bits per heavy atom. The van der Waals surface area contributed by atoms with Gasteiger partial charge in [0.1, 0.15) is 0 Å². The summed E-state index contributed by atoms with van der Waals surface area (Å²) in [7, 11) is 0. The van der Waals surface area contributed by atoms with Gasteiger partial charge < -0.3 is 0 Å². The van der Waals surface area contributed by atoms with Gasteiger partial charge in [0, 0.05) is 18.6 Å². The van der Waals surface area contributed by atoms with Crippen molar-refractivity contribution in [2.24, 2.45) is 5.92 Å². The zero-order valence-corrected chi connectivity index (χ0v) is 10.2. The van der Waals surface area contributed by atoms with Crippen LogP contribution >= 0.6 is 0 Å². The smallest absolute Gasteiger partial charge is 0.0398 e. The molecule has 0 amide bonds. The van der Waals surface area contributed by atoms with E-state index in [1.165, 1.54) is 51.6 Å². The molecule has 1 heteroatoms. The van der Waals surface area contributed by atoms with Crippen LogP contribution in [0.1, 0.15) is 52.4 Å². The van der Waals surface area contributed by atoms with Crippen molar-refractivity contribution in [1.82, 2.24) is 4.90 Å². The fourth-order valence-electron chi connectivity index (χ4n) is 4.20. The van der Waals surface area contributed by atoms with E-state index in [2.05, 4.69) is 18.7 Å². The van der Waals surface area contributed by atoms with Crippen LogP contribution < -0.4 is 0 Å². The third-order valence-electron chi connectivity index (χ3n) is 5.11. The van der Waals surface area contributed by atoms with E-state index < -0.39 is 0 Å². The molecule has 1 nitrogen and oxygen atoms in total. The van der Waals surface area contributed by atoms with Gasteiger partial charge in [0.25, 0.3) is 0 Å². The molecule has 1 fully saturated rings. The van der Waals surface area contributed by atoms with E-state index in [9.17, 15) is 0 Å². The van der Waals surface area contributed by atoms with Crippen molar-refractivity contribution in [1.29, 1.82) is 0 Å². The second kappa shape index (κ2) is 3.35. The summed E-state index contributed by atoms with van der Waals surface area (Å²) in [5.41, 5.74) is 4.17. The van der Waals surface area contributed by atoms with Gasteiger partial charge in [-0.2, -0.15) is 0 Å². The zero-order chi connectivity index (χ0) is 10.5. The van der Waals surface area contributed by atoms with Crippen molar-refractivity contribution in [2.75, 3.05) is 13.1 Å². The highest BCUT2D eigenvalue weighted by atomic mass is 15.2. The fourth-order valence-corrected chi connectivity index (χ4v) is 4.20. The van der Waals surface area contributed by atoms with Crippen LogP contribution in [0.2, 0.25) is 0 Å². The molecule has 0 radical (unpaired) electrons. The molecule has 0 bridgehead atoms. The number of hydrogen-bond donors (Lipinski definition) is 0. The number of nitrogens with zero attached hydrogens (tertiary/aromatic N) is 1. The first kappa shape index (κ1) is 9.89. The standard InChI is InChI=1S/C14H23N/c1-3-11-9-14(2)13-6-4-5-12(13)7-8-15(14)10-11/h11H,3-10H2,1-2H3/t11-,14-/m1/s1. The highest BCUT2D eigenvalue weighted by Gasteiger charge is 2.47. The Balaban J connectivity index is 1.94. The molecule has 2 heterocycles.